The first-order chi connectivity index (χ1) is 17.5. The molecule has 4 aromatic rings. The van der Waals surface area contributed by atoms with Crippen molar-refractivity contribution in [1.29, 1.82) is 0 Å². The Morgan fingerprint density at radius 1 is 0.472 bits per heavy atom. The van der Waals surface area contributed by atoms with Gasteiger partial charge in [-0.3, -0.25) is 14.4 Å². The lowest BCUT2D eigenvalue weighted by Gasteiger charge is -2.08. The zero-order chi connectivity index (χ0) is 25.5. The Hall–Kier alpha value is -4.91. The van der Waals surface area contributed by atoms with Gasteiger partial charge in [0.15, 0.2) is 5.78 Å². The molecule has 0 aliphatic carbocycles. The van der Waals surface area contributed by atoms with E-state index in [0.29, 0.717) is 45.1 Å². The lowest BCUT2D eigenvalue weighted by atomic mass is 10.0. The smallest absolute Gasteiger partial charge is 0.255 e. The van der Waals surface area contributed by atoms with E-state index in [-0.39, 0.29) is 17.6 Å². The van der Waals surface area contributed by atoms with E-state index in [1.807, 2.05) is 0 Å². The molecule has 7 nitrogen and oxygen atoms in total. The molecule has 4 rings (SSSR count). The number of hydrogen-bond donors (Lipinski definition) is 2. The van der Waals surface area contributed by atoms with Crippen LogP contribution in [0.15, 0.2) is 97.1 Å². The largest absolute Gasteiger partial charge is 0.497 e. The molecule has 0 bridgehead atoms. The summed E-state index contributed by atoms with van der Waals surface area (Å²) < 4.78 is 10.2. The number of methoxy groups -OCH3 is 2. The van der Waals surface area contributed by atoms with E-state index in [1.165, 1.54) is 0 Å². The van der Waals surface area contributed by atoms with Crippen LogP contribution in [0.1, 0.15) is 36.6 Å². The first-order valence-corrected chi connectivity index (χ1v) is 11.1. The van der Waals surface area contributed by atoms with Gasteiger partial charge in [0.05, 0.1) is 14.2 Å². The van der Waals surface area contributed by atoms with Gasteiger partial charge in [0.1, 0.15) is 11.5 Å². The summed E-state index contributed by atoms with van der Waals surface area (Å²) in [4.78, 5) is 37.7. The van der Waals surface area contributed by atoms with Gasteiger partial charge in [0.2, 0.25) is 0 Å². The minimum Gasteiger partial charge on any atom is -0.497 e. The molecule has 0 radical (unpaired) electrons. The number of rotatable bonds is 8. The van der Waals surface area contributed by atoms with Crippen molar-refractivity contribution in [2.75, 3.05) is 24.9 Å². The Kier molecular flexibility index (Phi) is 7.41. The van der Waals surface area contributed by atoms with Gasteiger partial charge in [0, 0.05) is 33.6 Å². The van der Waals surface area contributed by atoms with Gasteiger partial charge in [-0.1, -0.05) is 0 Å². The van der Waals surface area contributed by atoms with Gasteiger partial charge >= 0.3 is 0 Å². The van der Waals surface area contributed by atoms with Crippen LogP contribution in [-0.4, -0.2) is 31.8 Å². The van der Waals surface area contributed by atoms with E-state index < -0.39 is 0 Å². The second-order valence-electron chi connectivity index (χ2n) is 7.85. The van der Waals surface area contributed by atoms with E-state index in [0.717, 1.165) is 0 Å². The summed E-state index contributed by atoms with van der Waals surface area (Å²) in [5.74, 6) is 0.646. The van der Waals surface area contributed by atoms with Crippen LogP contribution in [0.2, 0.25) is 0 Å². The van der Waals surface area contributed by atoms with Crippen molar-refractivity contribution in [3.8, 4) is 11.5 Å². The molecule has 7 heteroatoms. The second-order valence-corrected chi connectivity index (χ2v) is 7.85. The lowest BCUT2D eigenvalue weighted by molar-refractivity contribution is 0.101. The highest BCUT2D eigenvalue weighted by atomic mass is 16.5. The zero-order valence-corrected chi connectivity index (χ0v) is 19.8. The number of benzene rings is 4. The molecule has 0 saturated carbocycles. The van der Waals surface area contributed by atoms with Crippen LogP contribution in [-0.2, 0) is 0 Å². The number of nitrogens with one attached hydrogen (secondary N) is 2. The molecule has 0 aliphatic rings. The summed E-state index contributed by atoms with van der Waals surface area (Å²) in [6.45, 7) is 0. The molecule has 36 heavy (non-hydrogen) atoms. The average molecular weight is 481 g/mol. The fourth-order valence-electron chi connectivity index (χ4n) is 3.47. The Labute approximate surface area is 208 Å². The van der Waals surface area contributed by atoms with Crippen LogP contribution in [0.25, 0.3) is 0 Å². The maximum Gasteiger partial charge on any atom is 0.255 e. The van der Waals surface area contributed by atoms with Gasteiger partial charge < -0.3 is 20.1 Å². The van der Waals surface area contributed by atoms with Crippen LogP contribution in [0.5, 0.6) is 11.5 Å². The molecule has 0 unspecified atom stereocenters. The van der Waals surface area contributed by atoms with Crippen molar-refractivity contribution >= 4 is 29.0 Å². The summed E-state index contributed by atoms with van der Waals surface area (Å²) in [5, 5.41) is 5.62. The predicted octanol–water partition coefficient (Wildman–Crippen LogP) is 5.44. The predicted molar refractivity (Wildman–Crippen MR) is 138 cm³/mol. The highest BCUT2D eigenvalue weighted by Crippen LogP contribution is 2.19. The number of hydrogen-bond acceptors (Lipinski definition) is 5. The molecule has 0 aliphatic heterocycles. The Morgan fingerprint density at radius 2 is 0.778 bits per heavy atom. The highest BCUT2D eigenvalue weighted by molar-refractivity contribution is 6.10. The van der Waals surface area contributed by atoms with Crippen LogP contribution in [0.3, 0.4) is 0 Å². The monoisotopic (exact) mass is 480 g/mol. The molecule has 0 fully saturated rings. The molecule has 0 atom stereocenters. The Morgan fingerprint density at radius 3 is 1.08 bits per heavy atom. The van der Waals surface area contributed by atoms with Crippen molar-refractivity contribution in [3.63, 3.8) is 0 Å². The molecule has 2 N–H and O–H groups in total. The molecule has 180 valence electrons. The van der Waals surface area contributed by atoms with Gasteiger partial charge in [0.25, 0.3) is 11.8 Å². The number of carbonyl (C=O) groups is 3. The van der Waals surface area contributed by atoms with Crippen molar-refractivity contribution < 1.29 is 23.9 Å². The molecule has 0 aromatic heterocycles. The number of anilines is 2. The SMILES string of the molecule is COc1ccc(C(=O)Nc2ccc(C(=O)c3ccc(NC(=O)c4ccc(OC)cc4)cc3)cc2)cc1. The highest BCUT2D eigenvalue weighted by Gasteiger charge is 2.12. The zero-order valence-electron chi connectivity index (χ0n) is 19.8. The summed E-state index contributed by atoms with van der Waals surface area (Å²) in [5.41, 5.74) is 3.10. The second kappa shape index (κ2) is 11.0. The minimum absolute atomic E-state index is 0.170. The molecular formula is C29H24N2O5. The number of ether oxygens (including phenoxy) is 2. The van der Waals surface area contributed by atoms with Gasteiger partial charge in [-0.15, -0.1) is 0 Å². The van der Waals surface area contributed by atoms with Gasteiger partial charge in [-0.2, -0.15) is 0 Å². The maximum atomic E-state index is 12.9. The third-order valence-corrected chi connectivity index (χ3v) is 5.51. The van der Waals surface area contributed by atoms with Gasteiger partial charge in [-0.25, -0.2) is 0 Å². The molecule has 2 amide bonds. The van der Waals surface area contributed by atoms with E-state index >= 15 is 0 Å². The number of amides is 2. The summed E-state index contributed by atoms with van der Waals surface area (Å²) >= 11 is 0. The first-order valence-electron chi connectivity index (χ1n) is 11.1. The minimum atomic E-state index is -0.260. The molecule has 0 saturated heterocycles. The van der Waals surface area contributed by atoms with Crippen LogP contribution in [0.4, 0.5) is 11.4 Å². The third kappa shape index (κ3) is 5.77. The van der Waals surface area contributed by atoms with E-state index in [1.54, 1.807) is 111 Å². The summed E-state index contributed by atoms with van der Waals surface area (Å²) in [7, 11) is 3.13. The fourth-order valence-corrected chi connectivity index (χ4v) is 3.47. The first kappa shape index (κ1) is 24.2. The van der Waals surface area contributed by atoms with Crippen LogP contribution < -0.4 is 20.1 Å². The average Bonchev–Trinajstić information content (AvgIpc) is 2.93. The Balaban J connectivity index is 1.36. The van der Waals surface area contributed by atoms with Crippen LogP contribution >= 0.6 is 0 Å². The molecule has 0 spiro atoms. The third-order valence-electron chi connectivity index (χ3n) is 5.51. The molecule has 0 heterocycles. The summed E-state index contributed by atoms with van der Waals surface area (Å²) in [6.07, 6.45) is 0. The van der Waals surface area contributed by atoms with Crippen molar-refractivity contribution in [2.45, 2.75) is 0 Å². The molecule has 4 aromatic carbocycles. The lowest BCUT2D eigenvalue weighted by Crippen LogP contribution is -2.12. The number of ketones is 1. The van der Waals surface area contributed by atoms with Gasteiger partial charge in [-0.05, 0) is 97.1 Å². The summed E-state index contributed by atoms with van der Waals surface area (Å²) in [6, 6.07) is 26.9. The molecular weight excluding hydrogens is 456 g/mol. The topological polar surface area (TPSA) is 93.7 Å². The van der Waals surface area contributed by atoms with Crippen LogP contribution in [0, 0.1) is 0 Å². The van der Waals surface area contributed by atoms with Crippen molar-refractivity contribution in [1.82, 2.24) is 0 Å². The maximum absolute atomic E-state index is 12.9. The van der Waals surface area contributed by atoms with E-state index in [9.17, 15) is 14.4 Å². The van der Waals surface area contributed by atoms with E-state index in [2.05, 4.69) is 10.6 Å². The normalized spacial score (nSPS) is 10.3. The quantitative estimate of drug-likeness (QED) is 0.328. The van der Waals surface area contributed by atoms with E-state index in [4.69, 9.17) is 9.47 Å². The Bertz CT molecular complexity index is 1250. The number of carbonyl (C=O) groups excluding carboxylic acids is 3. The fraction of sp³-hybridized carbons (Fsp3) is 0.0690. The standard InChI is InChI=1S/C29H24N2O5/c1-35-25-15-7-21(8-16-25)28(33)30-23-11-3-19(4-12-23)27(32)20-5-13-24(14-6-20)31-29(34)22-9-17-26(36-2)18-10-22/h3-18H,1-2H3,(H,30,33)(H,31,34). The van der Waals surface area contributed by atoms with Crippen molar-refractivity contribution in [3.05, 3.63) is 119 Å². The van der Waals surface area contributed by atoms with Crippen molar-refractivity contribution in [2.24, 2.45) is 0 Å².